The Kier molecular flexibility index (Phi) is 1.28. The van der Waals surface area contributed by atoms with Crippen LogP contribution in [0, 0.1) is 0 Å². The van der Waals surface area contributed by atoms with E-state index in [-0.39, 0.29) is 0 Å². The summed E-state index contributed by atoms with van der Waals surface area (Å²) >= 11 is 0. The third kappa shape index (κ3) is 0.839. The Morgan fingerprint density at radius 3 is 3.06 bits per heavy atom. The summed E-state index contributed by atoms with van der Waals surface area (Å²) in [6, 6.07) is 3.78. The Bertz CT molecular complexity index is 769. The first-order chi connectivity index (χ1) is 7.93. The van der Waals surface area contributed by atoms with E-state index in [1.807, 2.05) is 12.1 Å². The summed E-state index contributed by atoms with van der Waals surface area (Å²) in [6.07, 6.45) is 6.69. The number of pyridine rings is 1. The van der Waals surface area contributed by atoms with Gasteiger partial charge >= 0.3 is 0 Å². The lowest BCUT2D eigenvalue weighted by atomic mass is 10.2. The van der Waals surface area contributed by atoms with Gasteiger partial charge in [-0.25, -0.2) is 4.98 Å². The van der Waals surface area contributed by atoms with Crippen LogP contribution in [0.15, 0.2) is 46.0 Å². The Balaban J connectivity index is 2.33. The zero-order valence-electron chi connectivity index (χ0n) is 8.18. The topological polar surface area (TPSA) is 52.1 Å². The summed E-state index contributed by atoms with van der Waals surface area (Å²) in [5, 5.41) is 1.95. The van der Waals surface area contributed by atoms with Crippen LogP contribution in [-0.2, 0) is 0 Å². The van der Waals surface area contributed by atoms with Gasteiger partial charge in [-0.3, -0.25) is 4.98 Å². The number of furan rings is 1. The van der Waals surface area contributed by atoms with Gasteiger partial charge in [-0.15, -0.1) is 0 Å². The van der Waals surface area contributed by atoms with Gasteiger partial charge in [0.1, 0.15) is 16.9 Å². The van der Waals surface area contributed by atoms with E-state index >= 15 is 0 Å². The first kappa shape index (κ1) is 7.87. The second-order valence-electron chi connectivity index (χ2n) is 3.64. The second-order valence-corrected chi connectivity index (χ2v) is 3.64. The molecule has 2 aliphatic rings. The lowest BCUT2D eigenvalue weighted by Gasteiger charge is -1.95. The van der Waals surface area contributed by atoms with E-state index in [2.05, 4.69) is 9.97 Å². The van der Waals surface area contributed by atoms with Gasteiger partial charge in [-0.2, -0.15) is 0 Å². The van der Waals surface area contributed by atoms with Crippen LogP contribution in [-0.4, -0.2) is 9.97 Å². The smallest absolute Gasteiger partial charge is 0.181 e. The van der Waals surface area contributed by atoms with Crippen molar-refractivity contribution in [3.05, 3.63) is 37.1 Å². The molecule has 0 saturated carbocycles. The van der Waals surface area contributed by atoms with Crippen LogP contribution < -0.4 is 0 Å². The van der Waals surface area contributed by atoms with Gasteiger partial charge in [0.05, 0.1) is 10.8 Å². The van der Waals surface area contributed by atoms with Gasteiger partial charge in [0.2, 0.25) is 0 Å². The van der Waals surface area contributed by atoms with Crippen LogP contribution in [0.4, 0.5) is 0 Å². The zero-order valence-corrected chi connectivity index (χ0v) is 8.18. The van der Waals surface area contributed by atoms with Crippen molar-refractivity contribution in [1.29, 1.82) is 0 Å². The molecule has 2 aromatic rings. The van der Waals surface area contributed by atoms with Gasteiger partial charge in [0.15, 0.2) is 6.39 Å². The molecule has 16 heavy (non-hydrogen) atoms. The monoisotopic (exact) mass is 210 g/mol. The number of rotatable bonds is 0. The van der Waals surface area contributed by atoms with Gasteiger partial charge in [0, 0.05) is 24.2 Å². The number of hydrogen-bond acceptors (Lipinski definition) is 4. The first-order valence-corrected chi connectivity index (χ1v) is 4.91. The average molecular weight is 210 g/mol. The number of aromatic nitrogens is 2. The predicted octanol–water partition coefficient (Wildman–Crippen LogP) is 3.07. The minimum Gasteiger partial charge on any atom is -0.456 e. The summed E-state index contributed by atoms with van der Waals surface area (Å²) < 4.78 is 11.1. The molecule has 4 rings (SSSR count). The predicted molar refractivity (Wildman–Crippen MR) is 58.2 cm³/mol. The van der Waals surface area contributed by atoms with E-state index < -0.39 is 0 Å². The van der Waals surface area contributed by atoms with Crippen molar-refractivity contribution in [1.82, 2.24) is 9.97 Å². The maximum absolute atomic E-state index is 5.71. The molecule has 1 aliphatic heterocycles. The molecule has 0 aromatic carbocycles. The highest BCUT2D eigenvalue weighted by Crippen LogP contribution is 2.39. The minimum atomic E-state index is 0.803. The number of nitrogens with zero attached hydrogens (tertiary/aromatic N) is 2. The van der Waals surface area contributed by atoms with Crippen molar-refractivity contribution in [2.24, 2.45) is 0 Å². The second kappa shape index (κ2) is 2.61. The fraction of sp³-hybridized carbons (Fsp3) is 0. The van der Waals surface area contributed by atoms with Gasteiger partial charge in [-0.1, -0.05) is 0 Å². The van der Waals surface area contributed by atoms with Crippen molar-refractivity contribution >= 4 is 21.9 Å². The molecule has 76 valence electrons. The quantitative estimate of drug-likeness (QED) is 0.447. The highest BCUT2D eigenvalue weighted by atomic mass is 16.3. The van der Waals surface area contributed by atoms with E-state index in [1.165, 1.54) is 6.39 Å². The highest BCUT2D eigenvalue weighted by Gasteiger charge is 2.18. The first-order valence-electron chi connectivity index (χ1n) is 4.91. The minimum absolute atomic E-state index is 0.803. The third-order valence-electron chi connectivity index (χ3n) is 2.74. The van der Waals surface area contributed by atoms with E-state index in [4.69, 9.17) is 8.83 Å². The summed E-state index contributed by atoms with van der Waals surface area (Å²) in [5.41, 5.74) is 2.59. The maximum Gasteiger partial charge on any atom is 0.181 e. The molecule has 4 nitrogen and oxygen atoms in total. The summed E-state index contributed by atoms with van der Waals surface area (Å²) in [5.74, 6) is 0.803. The molecule has 0 fully saturated rings. The fourth-order valence-electron chi connectivity index (χ4n) is 2.06. The van der Waals surface area contributed by atoms with Crippen LogP contribution in [0.1, 0.15) is 0 Å². The van der Waals surface area contributed by atoms with Crippen LogP contribution >= 0.6 is 0 Å². The Morgan fingerprint density at radius 2 is 2.06 bits per heavy atom. The largest absolute Gasteiger partial charge is 0.456 e. The Morgan fingerprint density at radius 1 is 1.06 bits per heavy atom. The molecule has 0 atom stereocenters. The highest BCUT2D eigenvalue weighted by molar-refractivity contribution is 6.13. The fourth-order valence-corrected chi connectivity index (χ4v) is 2.06. The summed E-state index contributed by atoms with van der Waals surface area (Å²) in [6.45, 7) is 0. The molecule has 0 saturated heterocycles. The molecular weight excluding hydrogens is 204 g/mol. The van der Waals surface area contributed by atoms with Crippen molar-refractivity contribution in [3.63, 3.8) is 0 Å². The van der Waals surface area contributed by atoms with Crippen molar-refractivity contribution in [2.75, 3.05) is 0 Å². The van der Waals surface area contributed by atoms with Gasteiger partial charge in [0.25, 0.3) is 0 Å². The maximum atomic E-state index is 5.71. The number of fused-ring (bicyclic) bond motifs is 5. The van der Waals surface area contributed by atoms with Crippen LogP contribution in [0.3, 0.4) is 0 Å². The van der Waals surface area contributed by atoms with Crippen molar-refractivity contribution in [2.45, 2.75) is 0 Å². The molecule has 3 heterocycles. The number of hydrogen-bond donors (Lipinski definition) is 0. The molecule has 1 aliphatic carbocycles. The molecule has 0 N–H and O–H groups in total. The van der Waals surface area contributed by atoms with Gasteiger partial charge in [-0.05, 0) is 12.1 Å². The molecule has 0 amide bonds. The Hall–Kier alpha value is -2.36. The van der Waals surface area contributed by atoms with Crippen molar-refractivity contribution in [3.8, 4) is 11.3 Å². The molecule has 2 aromatic heterocycles. The molecule has 4 heteroatoms. The van der Waals surface area contributed by atoms with E-state index in [1.54, 1.807) is 18.6 Å². The van der Waals surface area contributed by atoms with Gasteiger partial charge < -0.3 is 8.83 Å². The zero-order chi connectivity index (χ0) is 10.5. The normalized spacial score (nSPS) is 11.8. The molecule has 0 bridgehead atoms. The Labute approximate surface area is 89.9 Å². The third-order valence-corrected chi connectivity index (χ3v) is 2.74. The lowest BCUT2D eigenvalue weighted by molar-refractivity contribution is 0.547. The van der Waals surface area contributed by atoms with E-state index in [9.17, 15) is 0 Å². The summed E-state index contributed by atoms with van der Waals surface area (Å²) in [4.78, 5) is 8.05. The van der Waals surface area contributed by atoms with E-state index in [0.29, 0.717) is 0 Å². The molecule has 0 unspecified atom stereocenters. The van der Waals surface area contributed by atoms with Crippen LogP contribution in [0.2, 0.25) is 0 Å². The molecule has 0 spiro atoms. The standard InChI is InChI=1S/C12H6N2O2/c1-2-13-5-8-9(1)16-10-3-7-4-14-6-15-12(7)11(8)10/h1-6H. The summed E-state index contributed by atoms with van der Waals surface area (Å²) in [7, 11) is 0. The van der Waals surface area contributed by atoms with Crippen molar-refractivity contribution < 1.29 is 8.83 Å². The van der Waals surface area contributed by atoms with E-state index in [0.717, 1.165) is 33.3 Å². The lowest BCUT2D eigenvalue weighted by Crippen LogP contribution is -1.76. The molecular formula is C12H6N2O2. The van der Waals surface area contributed by atoms with Crippen LogP contribution in [0.25, 0.3) is 33.3 Å². The average Bonchev–Trinajstić information content (AvgIpc) is 2.83. The SMILES string of the molecule is c1cc2oc3cc4cncoc-4c3c2cn1. The molecule has 0 radical (unpaired) electrons. The van der Waals surface area contributed by atoms with Crippen LogP contribution in [0.5, 0.6) is 0 Å².